The first-order valence-electron chi connectivity index (χ1n) is 13.4. The highest BCUT2D eigenvalue weighted by molar-refractivity contribution is 6.20. The maximum absolute atomic E-state index is 6.63. The third-order valence-electron chi connectivity index (χ3n) is 8.10. The molecule has 0 saturated heterocycles. The van der Waals surface area contributed by atoms with Crippen molar-refractivity contribution in [2.24, 2.45) is 9.98 Å². The summed E-state index contributed by atoms with van der Waals surface area (Å²) >= 11 is 0. The van der Waals surface area contributed by atoms with Crippen LogP contribution in [0, 0.1) is 0 Å². The van der Waals surface area contributed by atoms with Crippen LogP contribution in [0.5, 0.6) is 0 Å². The summed E-state index contributed by atoms with van der Waals surface area (Å²) in [5.41, 5.74) is 11.0. The van der Waals surface area contributed by atoms with Gasteiger partial charge in [-0.25, -0.2) is 0 Å². The zero-order chi connectivity index (χ0) is 26.5. The van der Waals surface area contributed by atoms with Crippen molar-refractivity contribution in [1.82, 2.24) is 0 Å². The summed E-state index contributed by atoms with van der Waals surface area (Å²) in [6, 6.07) is 29.6. The van der Waals surface area contributed by atoms with Crippen molar-refractivity contribution in [2.75, 3.05) is 0 Å². The largest absolute Gasteiger partial charge is 0.455 e. The lowest BCUT2D eigenvalue weighted by molar-refractivity contribution is 0.540. The highest BCUT2D eigenvalue weighted by Gasteiger charge is 2.33. The number of aryl methyl sites for hydroxylation is 1. The number of nitrogens with zero attached hydrogens (tertiary/aromatic N) is 2. The molecular formula is C36H28N2O. The van der Waals surface area contributed by atoms with Crippen molar-refractivity contribution in [3.8, 4) is 11.1 Å². The number of fused-ring (bicyclic) bond motifs is 8. The van der Waals surface area contributed by atoms with Crippen LogP contribution in [0.15, 0.2) is 137 Å². The van der Waals surface area contributed by atoms with Crippen LogP contribution in [0.2, 0.25) is 0 Å². The number of allylic oxidation sites excluding steroid dienone is 2. The van der Waals surface area contributed by atoms with E-state index in [1.54, 1.807) is 0 Å². The number of rotatable bonds is 3. The fourth-order valence-electron chi connectivity index (χ4n) is 6.23. The van der Waals surface area contributed by atoms with Crippen molar-refractivity contribution in [3.63, 3.8) is 0 Å². The van der Waals surface area contributed by atoms with E-state index in [1.165, 1.54) is 16.7 Å². The van der Waals surface area contributed by atoms with Gasteiger partial charge in [0, 0.05) is 27.8 Å². The number of aliphatic imine (C=N–C) groups is 2. The SMILES string of the molecule is C=CC1=NC2C(=C)N=C(C=C)c3c(ccc4c3oc3cc(-c5ccccc5)ccc34)CCC2c2ccccc21. The second-order valence-electron chi connectivity index (χ2n) is 10.2. The Labute approximate surface area is 228 Å². The first-order valence-corrected chi connectivity index (χ1v) is 13.4. The molecule has 188 valence electrons. The molecule has 3 heterocycles. The van der Waals surface area contributed by atoms with Crippen molar-refractivity contribution in [2.45, 2.75) is 24.8 Å². The van der Waals surface area contributed by atoms with Gasteiger partial charge in [0.1, 0.15) is 11.2 Å². The van der Waals surface area contributed by atoms with E-state index in [2.05, 4.69) is 98.6 Å². The normalized spacial score (nSPS) is 18.6. The van der Waals surface area contributed by atoms with Gasteiger partial charge in [-0.05, 0) is 59.4 Å². The third kappa shape index (κ3) is 3.73. The van der Waals surface area contributed by atoms with E-state index in [0.29, 0.717) is 0 Å². The highest BCUT2D eigenvalue weighted by Crippen LogP contribution is 2.41. The Bertz CT molecular complexity index is 1870. The summed E-state index contributed by atoms with van der Waals surface area (Å²) in [5, 5.41) is 2.18. The van der Waals surface area contributed by atoms with Gasteiger partial charge < -0.3 is 4.42 Å². The first kappa shape index (κ1) is 23.4. The molecular weight excluding hydrogens is 476 g/mol. The average molecular weight is 505 g/mol. The predicted octanol–water partition coefficient (Wildman–Crippen LogP) is 8.83. The van der Waals surface area contributed by atoms with Gasteiger partial charge >= 0.3 is 0 Å². The monoisotopic (exact) mass is 504 g/mol. The molecule has 7 rings (SSSR count). The lowest BCUT2D eigenvalue weighted by Gasteiger charge is -2.31. The van der Waals surface area contributed by atoms with E-state index < -0.39 is 0 Å². The maximum Gasteiger partial charge on any atom is 0.145 e. The summed E-state index contributed by atoms with van der Waals surface area (Å²) in [6.45, 7) is 12.6. The minimum absolute atomic E-state index is 0.156. The van der Waals surface area contributed by atoms with E-state index in [4.69, 9.17) is 14.4 Å². The van der Waals surface area contributed by atoms with Gasteiger partial charge in [0.25, 0.3) is 0 Å². The standard InChI is InChI=1S/C36H28N2O/c1-4-31-27-14-10-9-13-26(27)29-19-15-24-16-20-30-28-18-17-25(23-11-7-6-8-12-23)21-33(28)39-36(30)34(24)32(5-2)37-22(3)35(29)38-31/h4-14,16-18,20-21,29,35H,1-3,15,19H2. The summed E-state index contributed by atoms with van der Waals surface area (Å²) in [5.74, 6) is 0.179. The second-order valence-corrected chi connectivity index (χ2v) is 10.2. The van der Waals surface area contributed by atoms with Gasteiger partial charge in [-0.1, -0.05) is 92.5 Å². The summed E-state index contributed by atoms with van der Waals surface area (Å²) < 4.78 is 6.63. The summed E-state index contributed by atoms with van der Waals surface area (Å²) in [4.78, 5) is 10.2. The van der Waals surface area contributed by atoms with Crippen LogP contribution >= 0.6 is 0 Å². The molecule has 2 atom stereocenters. The van der Waals surface area contributed by atoms with E-state index in [-0.39, 0.29) is 12.0 Å². The van der Waals surface area contributed by atoms with E-state index in [9.17, 15) is 0 Å². The van der Waals surface area contributed by atoms with Crippen molar-refractivity contribution in [3.05, 3.63) is 145 Å². The Morgan fingerprint density at radius 3 is 2.38 bits per heavy atom. The number of benzene rings is 4. The van der Waals surface area contributed by atoms with Crippen LogP contribution in [-0.2, 0) is 6.42 Å². The zero-order valence-electron chi connectivity index (χ0n) is 21.7. The van der Waals surface area contributed by atoms with Crippen molar-refractivity contribution >= 4 is 33.4 Å². The van der Waals surface area contributed by atoms with Crippen LogP contribution in [-0.4, -0.2) is 17.5 Å². The fourth-order valence-corrected chi connectivity index (χ4v) is 6.23. The van der Waals surface area contributed by atoms with E-state index in [1.807, 2.05) is 18.2 Å². The lowest BCUT2D eigenvalue weighted by atomic mass is 9.79. The smallest absolute Gasteiger partial charge is 0.145 e. The minimum atomic E-state index is -0.156. The molecule has 0 spiro atoms. The molecule has 2 aliphatic heterocycles. The Kier molecular flexibility index (Phi) is 5.52. The molecule has 2 aliphatic rings. The van der Waals surface area contributed by atoms with Crippen LogP contribution in [0.3, 0.4) is 0 Å². The van der Waals surface area contributed by atoms with Crippen LogP contribution in [0.25, 0.3) is 33.1 Å². The third-order valence-corrected chi connectivity index (χ3v) is 8.10. The van der Waals surface area contributed by atoms with Gasteiger partial charge in [0.15, 0.2) is 0 Å². The quantitative estimate of drug-likeness (QED) is 0.242. The minimum Gasteiger partial charge on any atom is -0.455 e. The second kappa shape index (κ2) is 9.21. The van der Waals surface area contributed by atoms with Gasteiger partial charge in [-0.2, -0.15) is 0 Å². The molecule has 0 aliphatic carbocycles. The Morgan fingerprint density at radius 1 is 0.795 bits per heavy atom. The maximum atomic E-state index is 6.63. The molecule has 0 amide bonds. The first-order chi connectivity index (χ1) is 19.2. The van der Waals surface area contributed by atoms with Crippen molar-refractivity contribution < 1.29 is 4.42 Å². The van der Waals surface area contributed by atoms with Gasteiger partial charge in [0.05, 0.1) is 23.2 Å². The molecule has 1 aromatic heterocycles. The Balaban J connectivity index is 1.41. The Hall–Kier alpha value is -4.76. The summed E-state index contributed by atoms with van der Waals surface area (Å²) in [7, 11) is 0. The molecule has 39 heavy (non-hydrogen) atoms. The topological polar surface area (TPSA) is 37.9 Å². The molecule has 2 unspecified atom stereocenters. The molecule has 5 aromatic rings. The number of furan rings is 1. The van der Waals surface area contributed by atoms with Crippen LogP contribution in [0.4, 0.5) is 0 Å². The van der Waals surface area contributed by atoms with Gasteiger partial charge in [0.2, 0.25) is 0 Å². The molecule has 0 saturated carbocycles. The molecule has 0 bridgehead atoms. The fraction of sp³-hybridized carbons (Fsp3) is 0.111. The van der Waals surface area contributed by atoms with E-state index in [0.717, 1.165) is 68.6 Å². The molecule has 0 N–H and O–H groups in total. The zero-order valence-corrected chi connectivity index (χ0v) is 21.7. The van der Waals surface area contributed by atoms with Gasteiger partial charge in [-0.3, -0.25) is 9.98 Å². The molecule has 0 fully saturated rings. The number of hydrogen-bond donors (Lipinski definition) is 0. The average Bonchev–Trinajstić information content (AvgIpc) is 3.38. The van der Waals surface area contributed by atoms with Crippen LogP contribution < -0.4 is 0 Å². The van der Waals surface area contributed by atoms with Crippen LogP contribution in [0.1, 0.15) is 34.6 Å². The Morgan fingerprint density at radius 2 is 1.56 bits per heavy atom. The van der Waals surface area contributed by atoms with Crippen molar-refractivity contribution in [1.29, 1.82) is 0 Å². The summed E-state index contributed by atoms with van der Waals surface area (Å²) in [6.07, 6.45) is 5.45. The number of hydrogen-bond acceptors (Lipinski definition) is 3. The van der Waals surface area contributed by atoms with E-state index >= 15 is 0 Å². The molecule has 4 aromatic carbocycles. The predicted molar refractivity (Wildman–Crippen MR) is 163 cm³/mol. The molecule has 3 heteroatoms. The molecule has 0 radical (unpaired) electrons. The lowest BCUT2D eigenvalue weighted by Crippen LogP contribution is -2.27. The molecule has 3 nitrogen and oxygen atoms in total. The van der Waals surface area contributed by atoms with Gasteiger partial charge in [-0.15, -0.1) is 0 Å². The highest BCUT2D eigenvalue weighted by atomic mass is 16.3.